The number of methoxy groups -OCH3 is 2. The van der Waals surface area contributed by atoms with Crippen LogP contribution in [0.15, 0.2) is 22.7 Å². The molecule has 0 radical (unpaired) electrons. The van der Waals surface area contributed by atoms with Crippen molar-refractivity contribution in [3.63, 3.8) is 0 Å². The molecule has 0 heterocycles. The van der Waals surface area contributed by atoms with Crippen LogP contribution < -0.4 is 4.74 Å². The summed E-state index contributed by atoms with van der Waals surface area (Å²) in [4.78, 5) is 11.4. The molecule has 1 aromatic carbocycles. The maximum Gasteiger partial charge on any atom is 0.339 e. The zero-order valence-corrected chi connectivity index (χ0v) is 11.5. The molecule has 0 saturated carbocycles. The second kappa shape index (κ2) is 7.29. The molecule has 0 spiro atoms. The molecule has 0 aliphatic rings. The summed E-state index contributed by atoms with van der Waals surface area (Å²) >= 11 is 3.33. The molecule has 0 amide bonds. The van der Waals surface area contributed by atoms with Gasteiger partial charge in [-0.3, -0.25) is 0 Å². The molecular formula is C12H15BrO4. The molecule has 0 saturated heterocycles. The van der Waals surface area contributed by atoms with Crippen molar-refractivity contribution < 1.29 is 19.0 Å². The van der Waals surface area contributed by atoms with Gasteiger partial charge >= 0.3 is 5.97 Å². The normalized spacial score (nSPS) is 10.1. The van der Waals surface area contributed by atoms with Crippen molar-refractivity contribution in [3.8, 4) is 5.75 Å². The van der Waals surface area contributed by atoms with Gasteiger partial charge < -0.3 is 14.2 Å². The van der Waals surface area contributed by atoms with Gasteiger partial charge in [0.1, 0.15) is 5.75 Å². The van der Waals surface area contributed by atoms with Gasteiger partial charge in [0.15, 0.2) is 0 Å². The fourth-order valence-electron chi connectivity index (χ4n) is 1.28. The topological polar surface area (TPSA) is 44.8 Å². The lowest BCUT2D eigenvalue weighted by atomic mass is 10.2. The Bertz CT molecular complexity index is 379. The lowest BCUT2D eigenvalue weighted by Crippen LogP contribution is -2.05. The minimum atomic E-state index is -0.390. The van der Waals surface area contributed by atoms with E-state index in [2.05, 4.69) is 20.7 Å². The standard InChI is InChI=1S/C12H15BrO4/c1-15-7-4-8-17-10-6-3-5-9(11(10)13)12(14)16-2/h3,5-6H,4,7-8H2,1-2H3. The second-order valence-electron chi connectivity index (χ2n) is 3.30. The van der Waals surface area contributed by atoms with E-state index in [0.29, 0.717) is 29.0 Å². The van der Waals surface area contributed by atoms with Crippen molar-refractivity contribution in [2.45, 2.75) is 6.42 Å². The second-order valence-corrected chi connectivity index (χ2v) is 4.10. The van der Waals surface area contributed by atoms with E-state index in [0.717, 1.165) is 6.42 Å². The monoisotopic (exact) mass is 302 g/mol. The predicted octanol–water partition coefficient (Wildman–Crippen LogP) is 2.65. The van der Waals surface area contributed by atoms with Crippen molar-refractivity contribution in [1.82, 2.24) is 0 Å². The van der Waals surface area contributed by atoms with Crippen LogP contribution in [0.25, 0.3) is 0 Å². The smallest absolute Gasteiger partial charge is 0.339 e. The van der Waals surface area contributed by atoms with Crippen molar-refractivity contribution in [2.24, 2.45) is 0 Å². The van der Waals surface area contributed by atoms with E-state index in [4.69, 9.17) is 9.47 Å². The van der Waals surface area contributed by atoms with Gasteiger partial charge in [-0.25, -0.2) is 4.79 Å². The van der Waals surface area contributed by atoms with Crippen molar-refractivity contribution in [3.05, 3.63) is 28.2 Å². The van der Waals surface area contributed by atoms with Crippen molar-refractivity contribution in [2.75, 3.05) is 27.4 Å². The highest BCUT2D eigenvalue weighted by Gasteiger charge is 2.13. The van der Waals surface area contributed by atoms with Crippen LogP contribution in [0.4, 0.5) is 0 Å². The lowest BCUT2D eigenvalue weighted by molar-refractivity contribution is 0.0599. The summed E-state index contributed by atoms with van der Waals surface area (Å²) in [7, 11) is 2.99. The molecule has 0 fully saturated rings. The maximum absolute atomic E-state index is 11.4. The summed E-state index contributed by atoms with van der Waals surface area (Å²) in [5.74, 6) is 0.239. The summed E-state index contributed by atoms with van der Waals surface area (Å²) in [6.45, 7) is 1.19. The Kier molecular flexibility index (Phi) is 6.00. The van der Waals surface area contributed by atoms with Gasteiger partial charge in [0.05, 0.1) is 23.8 Å². The molecular weight excluding hydrogens is 288 g/mol. The van der Waals surface area contributed by atoms with Crippen LogP contribution in [-0.2, 0) is 9.47 Å². The molecule has 94 valence electrons. The van der Waals surface area contributed by atoms with E-state index in [9.17, 15) is 4.79 Å². The SMILES string of the molecule is COCCCOc1cccc(C(=O)OC)c1Br. The molecule has 1 rings (SSSR count). The number of carbonyl (C=O) groups is 1. The fourth-order valence-corrected chi connectivity index (χ4v) is 1.82. The summed E-state index contributed by atoms with van der Waals surface area (Å²) in [6, 6.07) is 5.23. The Morgan fingerprint density at radius 1 is 1.29 bits per heavy atom. The Morgan fingerprint density at radius 2 is 2.06 bits per heavy atom. The molecule has 0 N–H and O–H groups in total. The van der Waals surface area contributed by atoms with Crippen LogP contribution in [0, 0.1) is 0 Å². The number of esters is 1. The largest absolute Gasteiger partial charge is 0.492 e. The Hall–Kier alpha value is -1.07. The summed E-state index contributed by atoms with van der Waals surface area (Å²) in [5.41, 5.74) is 0.455. The van der Waals surface area contributed by atoms with Gasteiger partial charge in [-0.05, 0) is 28.1 Å². The van der Waals surface area contributed by atoms with Crippen LogP contribution in [0.2, 0.25) is 0 Å². The van der Waals surface area contributed by atoms with Gasteiger partial charge in [-0.15, -0.1) is 0 Å². The molecule has 1 aromatic rings. The molecule has 17 heavy (non-hydrogen) atoms. The highest BCUT2D eigenvalue weighted by molar-refractivity contribution is 9.10. The van der Waals surface area contributed by atoms with Crippen LogP contribution in [0.5, 0.6) is 5.75 Å². The van der Waals surface area contributed by atoms with Gasteiger partial charge in [0, 0.05) is 20.1 Å². The number of rotatable bonds is 6. The third-order valence-corrected chi connectivity index (χ3v) is 2.94. The first-order valence-electron chi connectivity index (χ1n) is 5.19. The van der Waals surface area contributed by atoms with E-state index in [-0.39, 0.29) is 5.97 Å². The third-order valence-electron chi connectivity index (χ3n) is 2.12. The molecule has 0 aromatic heterocycles. The van der Waals surface area contributed by atoms with Crippen molar-refractivity contribution in [1.29, 1.82) is 0 Å². The molecule has 0 bridgehead atoms. The van der Waals surface area contributed by atoms with Gasteiger partial charge in [0.25, 0.3) is 0 Å². The van der Waals surface area contributed by atoms with Crippen LogP contribution in [0.3, 0.4) is 0 Å². The van der Waals surface area contributed by atoms with Crippen molar-refractivity contribution >= 4 is 21.9 Å². The first-order valence-corrected chi connectivity index (χ1v) is 5.98. The van der Waals surface area contributed by atoms with Gasteiger partial charge in [-0.2, -0.15) is 0 Å². The number of hydrogen-bond donors (Lipinski definition) is 0. The Balaban J connectivity index is 2.70. The number of carbonyl (C=O) groups excluding carboxylic acids is 1. The Labute approximate surface area is 109 Å². The quantitative estimate of drug-likeness (QED) is 0.598. The first kappa shape index (κ1) is 14.0. The van der Waals surface area contributed by atoms with Crippen LogP contribution >= 0.6 is 15.9 Å². The zero-order valence-electron chi connectivity index (χ0n) is 9.86. The van der Waals surface area contributed by atoms with E-state index >= 15 is 0 Å². The molecule has 4 nitrogen and oxygen atoms in total. The number of halogens is 1. The molecule has 0 atom stereocenters. The fraction of sp³-hybridized carbons (Fsp3) is 0.417. The van der Waals surface area contributed by atoms with Gasteiger partial charge in [0.2, 0.25) is 0 Å². The van der Waals surface area contributed by atoms with Crippen LogP contribution in [-0.4, -0.2) is 33.4 Å². The highest BCUT2D eigenvalue weighted by atomic mass is 79.9. The number of benzene rings is 1. The summed E-state index contributed by atoms with van der Waals surface area (Å²) in [6.07, 6.45) is 0.797. The average Bonchev–Trinajstić information content (AvgIpc) is 2.35. The van der Waals surface area contributed by atoms with Crippen LogP contribution in [0.1, 0.15) is 16.8 Å². The molecule has 0 aliphatic carbocycles. The Morgan fingerprint density at radius 3 is 2.71 bits per heavy atom. The van der Waals surface area contributed by atoms with E-state index in [1.54, 1.807) is 25.3 Å². The van der Waals surface area contributed by atoms with Gasteiger partial charge in [-0.1, -0.05) is 6.07 Å². The summed E-state index contributed by atoms with van der Waals surface area (Å²) < 4.78 is 15.7. The van der Waals surface area contributed by atoms with E-state index in [1.807, 2.05) is 0 Å². The minimum absolute atomic E-state index is 0.390. The zero-order chi connectivity index (χ0) is 12.7. The predicted molar refractivity (Wildman–Crippen MR) is 67.5 cm³/mol. The minimum Gasteiger partial charge on any atom is -0.492 e. The highest BCUT2D eigenvalue weighted by Crippen LogP contribution is 2.29. The average molecular weight is 303 g/mol. The molecule has 5 heteroatoms. The maximum atomic E-state index is 11.4. The molecule has 0 aliphatic heterocycles. The lowest BCUT2D eigenvalue weighted by Gasteiger charge is -2.10. The molecule has 0 unspecified atom stereocenters. The first-order chi connectivity index (χ1) is 8.20. The number of hydrogen-bond acceptors (Lipinski definition) is 4. The number of ether oxygens (including phenoxy) is 3. The third kappa shape index (κ3) is 4.02. The summed E-state index contributed by atoms with van der Waals surface area (Å²) in [5, 5.41) is 0. The van der Waals surface area contributed by atoms with E-state index in [1.165, 1.54) is 7.11 Å². The van der Waals surface area contributed by atoms with E-state index < -0.39 is 0 Å².